The summed E-state index contributed by atoms with van der Waals surface area (Å²) < 4.78 is 43.6. The second kappa shape index (κ2) is 12.3. The molecular formula is C27H29BrFN3O4S. The summed E-state index contributed by atoms with van der Waals surface area (Å²) in [4.78, 5) is 27.8. The van der Waals surface area contributed by atoms with E-state index in [1.165, 1.54) is 35.2 Å². The Morgan fingerprint density at radius 3 is 2.22 bits per heavy atom. The van der Waals surface area contributed by atoms with Crippen molar-refractivity contribution < 1.29 is 22.4 Å². The predicted octanol–water partition coefficient (Wildman–Crippen LogP) is 4.73. The van der Waals surface area contributed by atoms with Crippen LogP contribution < -0.4 is 9.62 Å². The van der Waals surface area contributed by atoms with Crippen molar-refractivity contribution in [1.29, 1.82) is 0 Å². The quantitative estimate of drug-likeness (QED) is 0.370. The van der Waals surface area contributed by atoms with E-state index in [2.05, 4.69) is 21.2 Å². The number of hydrogen-bond donors (Lipinski definition) is 1. The van der Waals surface area contributed by atoms with Gasteiger partial charge in [-0.1, -0.05) is 58.4 Å². The summed E-state index contributed by atoms with van der Waals surface area (Å²) in [5.41, 5.74) is 0.469. The van der Waals surface area contributed by atoms with Crippen molar-refractivity contribution in [2.24, 2.45) is 0 Å². The fraction of sp³-hybridized carbons (Fsp3) is 0.259. The Kier molecular flexibility index (Phi) is 9.45. The number of carbonyl (C=O) groups excluding carboxylic acids is 2. The molecule has 0 radical (unpaired) electrons. The van der Waals surface area contributed by atoms with Crippen molar-refractivity contribution >= 4 is 43.5 Å². The van der Waals surface area contributed by atoms with Crippen molar-refractivity contribution in [2.75, 3.05) is 10.8 Å². The number of nitrogens with zero attached hydrogens (tertiary/aromatic N) is 2. The van der Waals surface area contributed by atoms with Gasteiger partial charge in [0.25, 0.3) is 10.0 Å². The SMILES string of the molecule is CC(C)NC(=O)[C@H](C)N(Cc1cccc(Br)c1)C(=O)CN(c1ccccc1F)S(=O)(=O)c1ccccc1. The Hall–Kier alpha value is -3.24. The molecule has 1 atom stereocenters. The van der Waals surface area contributed by atoms with Crippen molar-refractivity contribution in [3.8, 4) is 0 Å². The van der Waals surface area contributed by atoms with Gasteiger partial charge in [-0.2, -0.15) is 0 Å². The number of sulfonamides is 1. The van der Waals surface area contributed by atoms with E-state index in [9.17, 15) is 22.4 Å². The Balaban J connectivity index is 2.03. The minimum atomic E-state index is -4.31. The van der Waals surface area contributed by atoms with Crippen LogP contribution in [0.15, 0.2) is 88.2 Å². The Morgan fingerprint density at radius 1 is 0.946 bits per heavy atom. The van der Waals surface area contributed by atoms with Crippen LogP contribution >= 0.6 is 15.9 Å². The molecule has 0 fully saturated rings. The number of rotatable bonds is 10. The molecule has 0 heterocycles. The largest absolute Gasteiger partial charge is 0.352 e. The number of carbonyl (C=O) groups is 2. The molecular weight excluding hydrogens is 561 g/mol. The smallest absolute Gasteiger partial charge is 0.264 e. The van der Waals surface area contributed by atoms with Gasteiger partial charge in [0.05, 0.1) is 10.6 Å². The molecule has 1 N–H and O–H groups in total. The van der Waals surface area contributed by atoms with Gasteiger partial charge < -0.3 is 10.2 Å². The molecule has 0 aliphatic heterocycles. The van der Waals surface area contributed by atoms with Crippen LogP contribution in [0.5, 0.6) is 0 Å². The second-order valence-electron chi connectivity index (χ2n) is 8.77. The topological polar surface area (TPSA) is 86.8 Å². The third-order valence-electron chi connectivity index (χ3n) is 5.57. The minimum Gasteiger partial charge on any atom is -0.352 e. The van der Waals surface area contributed by atoms with Crippen molar-refractivity contribution in [3.05, 3.63) is 94.7 Å². The van der Waals surface area contributed by atoms with Gasteiger partial charge in [0.1, 0.15) is 18.4 Å². The number of nitrogens with one attached hydrogen (secondary N) is 1. The summed E-state index contributed by atoms with van der Waals surface area (Å²) >= 11 is 3.41. The van der Waals surface area contributed by atoms with Crippen LogP contribution in [0, 0.1) is 5.82 Å². The van der Waals surface area contributed by atoms with Crippen LogP contribution in [0.25, 0.3) is 0 Å². The van der Waals surface area contributed by atoms with Gasteiger partial charge in [0, 0.05) is 17.1 Å². The lowest BCUT2D eigenvalue weighted by Gasteiger charge is -2.32. The normalized spacial score (nSPS) is 12.2. The molecule has 3 aromatic carbocycles. The van der Waals surface area contributed by atoms with E-state index < -0.39 is 34.3 Å². The first-order valence-electron chi connectivity index (χ1n) is 11.7. The highest BCUT2D eigenvalue weighted by Gasteiger charge is 2.33. The first-order chi connectivity index (χ1) is 17.5. The van der Waals surface area contributed by atoms with Crippen LogP contribution in [0.4, 0.5) is 10.1 Å². The molecule has 0 bridgehead atoms. The van der Waals surface area contributed by atoms with Gasteiger partial charge in [0.2, 0.25) is 11.8 Å². The maximum absolute atomic E-state index is 14.9. The molecule has 0 unspecified atom stereocenters. The number of para-hydroxylation sites is 1. The van der Waals surface area contributed by atoms with E-state index >= 15 is 0 Å². The molecule has 196 valence electrons. The summed E-state index contributed by atoms with van der Waals surface area (Å²) in [6.07, 6.45) is 0. The van der Waals surface area contributed by atoms with Crippen LogP contribution in [-0.2, 0) is 26.2 Å². The third-order valence-corrected chi connectivity index (χ3v) is 7.84. The number of amides is 2. The fourth-order valence-electron chi connectivity index (χ4n) is 3.71. The van der Waals surface area contributed by atoms with Gasteiger partial charge in [-0.3, -0.25) is 13.9 Å². The standard InChI is InChI=1S/C27H29BrFN3O4S/c1-19(2)30-27(34)20(3)31(17-21-10-9-11-22(28)16-21)26(33)18-32(25-15-8-7-14-24(25)29)37(35,36)23-12-5-4-6-13-23/h4-16,19-20H,17-18H2,1-3H3,(H,30,34)/t20-/m0/s1. The molecule has 0 saturated heterocycles. The lowest BCUT2D eigenvalue weighted by Crippen LogP contribution is -2.52. The number of hydrogen-bond acceptors (Lipinski definition) is 4. The minimum absolute atomic E-state index is 0.0431. The molecule has 2 amide bonds. The lowest BCUT2D eigenvalue weighted by molar-refractivity contribution is -0.139. The molecule has 10 heteroatoms. The van der Waals surface area contributed by atoms with E-state index in [-0.39, 0.29) is 29.1 Å². The Bertz CT molecular complexity index is 1350. The number of halogens is 2. The van der Waals surface area contributed by atoms with E-state index in [1.807, 2.05) is 12.1 Å². The zero-order valence-electron chi connectivity index (χ0n) is 20.8. The highest BCUT2D eigenvalue weighted by Crippen LogP contribution is 2.27. The number of benzene rings is 3. The zero-order chi connectivity index (χ0) is 27.2. The molecule has 0 spiro atoms. The second-order valence-corrected chi connectivity index (χ2v) is 11.5. The summed E-state index contributed by atoms with van der Waals surface area (Å²) in [6.45, 7) is 4.52. The summed E-state index contributed by atoms with van der Waals surface area (Å²) in [5, 5.41) is 2.79. The maximum Gasteiger partial charge on any atom is 0.264 e. The summed E-state index contributed by atoms with van der Waals surface area (Å²) in [5.74, 6) is -1.84. The van der Waals surface area contributed by atoms with Crippen LogP contribution in [0.2, 0.25) is 0 Å². The molecule has 3 aromatic rings. The van der Waals surface area contributed by atoms with Crippen molar-refractivity contribution in [1.82, 2.24) is 10.2 Å². The van der Waals surface area contributed by atoms with Gasteiger partial charge in [-0.25, -0.2) is 12.8 Å². The van der Waals surface area contributed by atoms with Crippen LogP contribution in [0.3, 0.4) is 0 Å². The van der Waals surface area contributed by atoms with Gasteiger partial charge in [0.15, 0.2) is 0 Å². The first-order valence-corrected chi connectivity index (χ1v) is 13.9. The summed E-state index contributed by atoms with van der Waals surface area (Å²) in [7, 11) is -4.31. The van der Waals surface area contributed by atoms with Gasteiger partial charge >= 0.3 is 0 Å². The van der Waals surface area contributed by atoms with Crippen molar-refractivity contribution in [2.45, 2.75) is 44.3 Å². The third kappa shape index (κ3) is 7.17. The highest BCUT2D eigenvalue weighted by atomic mass is 79.9. The molecule has 0 aliphatic carbocycles. The molecule has 0 aromatic heterocycles. The average molecular weight is 591 g/mol. The van der Waals surface area contributed by atoms with E-state index in [4.69, 9.17) is 0 Å². The zero-order valence-corrected chi connectivity index (χ0v) is 23.2. The molecule has 0 aliphatic rings. The van der Waals surface area contributed by atoms with Gasteiger partial charge in [-0.15, -0.1) is 0 Å². The average Bonchev–Trinajstić information content (AvgIpc) is 2.86. The molecule has 37 heavy (non-hydrogen) atoms. The Labute approximate surface area is 225 Å². The molecule has 7 nitrogen and oxygen atoms in total. The van der Waals surface area contributed by atoms with Gasteiger partial charge in [-0.05, 0) is 62.7 Å². The summed E-state index contributed by atoms with van der Waals surface area (Å²) in [6, 6.07) is 19.0. The Morgan fingerprint density at radius 2 is 1.59 bits per heavy atom. The number of anilines is 1. The van der Waals surface area contributed by atoms with E-state index in [0.717, 1.165) is 20.4 Å². The maximum atomic E-state index is 14.9. The highest BCUT2D eigenvalue weighted by molar-refractivity contribution is 9.10. The molecule has 0 saturated carbocycles. The van der Waals surface area contributed by atoms with Crippen molar-refractivity contribution in [3.63, 3.8) is 0 Å². The van der Waals surface area contributed by atoms with Crippen LogP contribution in [0.1, 0.15) is 26.3 Å². The van der Waals surface area contributed by atoms with Crippen LogP contribution in [-0.4, -0.2) is 43.8 Å². The molecule has 3 rings (SSSR count). The monoisotopic (exact) mass is 589 g/mol. The first kappa shape index (κ1) is 28.3. The van der Waals surface area contributed by atoms with E-state index in [1.54, 1.807) is 51.1 Å². The fourth-order valence-corrected chi connectivity index (χ4v) is 5.60. The lowest BCUT2D eigenvalue weighted by atomic mass is 10.1. The van der Waals surface area contributed by atoms with E-state index in [0.29, 0.717) is 0 Å². The predicted molar refractivity (Wildman–Crippen MR) is 145 cm³/mol.